The molecule has 0 radical (unpaired) electrons. The van der Waals surface area contributed by atoms with Crippen molar-refractivity contribution in [2.75, 3.05) is 17.2 Å². The van der Waals surface area contributed by atoms with Gasteiger partial charge in [-0.2, -0.15) is 0 Å². The third-order valence-electron chi connectivity index (χ3n) is 4.32. The summed E-state index contributed by atoms with van der Waals surface area (Å²) >= 11 is 0. The van der Waals surface area contributed by atoms with Gasteiger partial charge >= 0.3 is 6.09 Å². The first-order valence-corrected chi connectivity index (χ1v) is 9.48. The number of hydrogen-bond acceptors (Lipinski definition) is 5. The number of amides is 3. The minimum atomic E-state index is -0.624. The molecule has 1 atom stereocenters. The van der Waals surface area contributed by atoms with Crippen molar-refractivity contribution in [1.82, 2.24) is 4.90 Å². The molecule has 154 valence electrons. The fraction of sp³-hybridized carbons (Fsp3) is 0.381. The predicted molar refractivity (Wildman–Crippen MR) is 108 cm³/mol. The van der Waals surface area contributed by atoms with Gasteiger partial charge in [0.05, 0.1) is 6.26 Å². The van der Waals surface area contributed by atoms with Crippen LogP contribution in [0.4, 0.5) is 16.2 Å². The molecule has 3 rings (SSSR count). The van der Waals surface area contributed by atoms with Gasteiger partial charge < -0.3 is 19.8 Å². The predicted octanol–water partition coefficient (Wildman–Crippen LogP) is 3.87. The first-order valence-electron chi connectivity index (χ1n) is 9.48. The highest BCUT2D eigenvalue weighted by atomic mass is 16.6. The Bertz CT molecular complexity index is 886. The van der Waals surface area contributed by atoms with E-state index in [1.807, 2.05) is 0 Å². The Morgan fingerprint density at radius 3 is 2.48 bits per heavy atom. The summed E-state index contributed by atoms with van der Waals surface area (Å²) in [4.78, 5) is 38.7. The van der Waals surface area contributed by atoms with E-state index < -0.39 is 17.7 Å². The number of carbonyl (C=O) groups excluding carboxylic acids is 3. The standard InChI is InChI=1S/C21H25N3O5/c1-21(2,3)29-20(27)24-11-5-9-16(24)18(25)22-14-7-4-8-15(13-14)23-19(26)17-10-6-12-28-17/h4,6-8,10,12-13,16H,5,9,11H2,1-3H3,(H,22,25)(H,23,26). The number of benzene rings is 1. The van der Waals surface area contributed by atoms with E-state index in [2.05, 4.69) is 10.6 Å². The molecular formula is C21H25N3O5. The maximum absolute atomic E-state index is 12.8. The van der Waals surface area contributed by atoms with Crippen molar-refractivity contribution in [3.63, 3.8) is 0 Å². The first kappa shape index (κ1) is 20.4. The van der Waals surface area contributed by atoms with Crippen LogP contribution in [0.15, 0.2) is 47.1 Å². The molecule has 1 aromatic carbocycles. The Kier molecular flexibility index (Phi) is 5.91. The summed E-state index contributed by atoms with van der Waals surface area (Å²) in [7, 11) is 0. The zero-order valence-corrected chi connectivity index (χ0v) is 16.7. The lowest BCUT2D eigenvalue weighted by molar-refractivity contribution is -0.120. The maximum Gasteiger partial charge on any atom is 0.410 e. The molecule has 8 heteroatoms. The molecule has 1 unspecified atom stereocenters. The van der Waals surface area contributed by atoms with Crippen LogP contribution in [0.25, 0.3) is 0 Å². The van der Waals surface area contributed by atoms with Gasteiger partial charge in [-0.3, -0.25) is 14.5 Å². The van der Waals surface area contributed by atoms with Crippen molar-refractivity contribution in [2.45, 2.75) is 45.3 Å². The van der Waals surface area contributed by atoms with Crippen LogP contribution in [-0.4, -0.2) is 41.0 Å². The van der Waals surface area contributed by atoms with Crippen molar-refractivity contribution in [1.29, 1.82) is 0 Å². The fourth-order valence-corrected chi connectivity index (χ4v) is 3.08. The lowest BCUT2D eigenvalue weighted by Crippen LogP contribution is -2.45. The van der Waals surface area contributed by atoms with Gasteiger partial charge in [-0.15, -0.1) is 0 Å². The molecular weight excluding hydrogens is 374 g/mol. The largest absolute Gasteiger partial charge is 0.459 e. The van der Waals surface area contributed by atoms with Crippen LogP contribution in [-0.2, 0) is 9.53 Å². The molecule has 2 N–H and O–H groups in total. The quantitative estimate of drug-likeness (QED) is 0.813. The summed E-state index contributed by atoms with van der Waals surface area (Å²) in [5, 5.41) is 5.53. The van der Waals surface area contributed by atoms with Crippen molar-refractivity contribution in [2.24, 2.45) is 0 Å². The summed E-state index contributed by atoms with van der Waals surface area (Å²) in [6.07, 6.45) is 2.23. The minimum absolute atomic E-state index is 0.193. The number of hydrogen-bond donors (Lipinski definition) is 2. The molecule has 1 aliphatic rings. The van der Waals surface area contributed by atoms with Crippen LogP contribution < -0.4 is 10.6 Å². The van der Waals surface area contributed by atoms with Crippen LogP contribution in [0.3, 0.4) is 0 Å². The molecule has 1 saturated heterocycles. The van der Waals surface area contributed by atoms with Gasteiger partial charge in [0.1, 0.15) is 11.6 Å². The monoisotopic (exact) mass is 399 g/mol. The summed E-state index contributed by atoms with van der Waals surface area (Å²) < 4.78 is 10.5. The SMILES string of the molecule is CC(C)(C)OC(=O)N1CCCC1C(=O)Nc1cccc(NC(=O)c2ccco2)c1. The second kappa shape index (κ2) is 8.38. The van der Waals surface area contributed by atoms with Crippen LogP contribution in [0.1, 0.15) is 44.2 Å². The van der Waals surface area contributed by atoms with Crippen LogP contribution in [0, 0.1) is 0 Å². The van der Waals surface area contributed by atoms with Crippen LogP contribution in [0.5, 0.6) is 0 Å². The Morgan fingerprint density at radius 2 is 1.83 bits per heavy atom. The van der Waals surface area contributed by atoms with E-state index >= 15 is 0 Å². The Morgan fingerprint density at radius 1 is 1.10 bits per heavy atom. The van der Waals surface area contributed by atoms with Gasteiger partial charge in [-0.05, 0) is 63.9 Å². The van der Waals surface area contributed by atoms with Gasteiger partial charge in [0.25, 0.3) is 5.91 Å². The molecule has 8 nitrogen and oxygen atoms in total. The first-order chi connectivity index (χ1) is 13.7. The average molecular weight is 399 g/mol. The number of nitrogens with zero attached hydrogens (tertiary/aromatic N) is 1. The topological polar surface area (TPSA) is 101 Å². The van der Waals surface area contributed by atoms with Gasteiger partial charge in [0, 0.05) is 17.9 Å². The highest BCUT2D eigenvalue weighted by Gasteiger charge is 2.36. The number of likely N-dealkylation sites (tertiary alicyclic amines) is 1. The van der Waals surface area contributed by atoms with E-state index in [9.17, 15) is 14.4 Å². The third-order valence-corrected chi connectivity index (χ3v) is 4.32. The molecule has 1 aliphatic heterocycles. The second-order valence-electron chi connectivity index (χ2n) is 7.83. The van der Waals surface area contributed by atoms with Crippen molar-refractivity contribution < 1.29 is 23.5 Å². The normalized spacial score (nSPS) is 16.4. The third kappa shape index (κ3) is 5.37. The molecule has 1 aromatic heterocycles. The van der Waals surface area contributed by atoms with Gasteiger partial charge in [-0.25, -0.2) is 4.79 Å². The van der Waals surface area contributed by atoms with Crippen molar-refractivity contribution in [3.05, 3.63) is 48.4 Å². The number of anilines is 2. The average Bonchev–Trinajstić information content (AvgIpc) is 3.32. The van der Waals surface area contributed by atoms with Gasteiger partial charge in [0.2, 0.25) is 5.91 Å². The lowest BCUT2D eigenvalue weighted by Gasteiger charge is -2.28. The molecule has 0 aliphatic carbocycles. The highest BCUT2D eigenvalue weighted by molar-refractivity contribution is 6.03. The molecule has 2 heterocycles. The Balaban J connectivity index is 1.64. The second-order valence-corrected chi connectivity index (χ2v) is 7.83. The van der Waals surface area contributed by atoms with Crippen molar-refractivity contribution in [3.8, 4) is 0 Å². The van der Waals surface area contributed by atoms with E-state index in [0.717, 1.165) is 6.42 Å². The van der Waals surface area contributed by atoms with Crippen LogP contribution in [0.2, 0.25) is 0 Å². The Labute approximate surface area is 169 Å². The molecule has 2 aromatic rings. The summed E-state index contributed by atoms with van der Waals surface area (Å²) in [5.41, 5.74) is 0.407. The number of carbonyl (C=O) groups is 3. The summed E-state index contributed by atoms with van der Waals surface area (Å²) in [6.45, 7) is 5.85. The molecule has 1 fully saturated rings. The van der Waals surface area contributed by atoms with Crippen LogP contribution >= 0.6 is 0 Å². The molecule has 0 saturated carbocycles. The lowest BCUT2D eigenvalue weighted by atomic mass is 10.2. The number of rotatable bonds is 4. The summed E-state index contributed by atoms with van der Waals surface area (Å²) in [6, 6.07) is 9.38. The van der Waals surface area contributed by atoms with Gasteiger partial charge in [0.15, 0.2) is 5.76 Å². The van der Waals surface area contributed by atoms with Crippen molar-refractivity contribution >= 4 is 29.3 Å². The number of ether oxygens (including phenoxy) is 1. The maximum atomic E-state index is 12.8. The van der Waals surface area contributed by atoms with Gasteiger partial charge in [-0.1, -0.05) is 6.07 Å². The smallest absolute Gasteiger partial charge is 0.410 e. The van der Waals surface area contributed by atoms with E-state index in [4.69, 9.17) is 9.15 Å². The molecule has 0 bridgehead atoms. The van der Waals surface area contributed by atoms with E-state index in [-0.39, 0.29) is 17.6 Å². The molecule has 29 heavy (non-hydrogen) atoms. The zero-order valence-electron chi connectivity index (χ0n) is 16.7. The highest BCUT2D eigenvalue weighted by Crippen LogP contribution is 2.23. The van der Waals surface area contributed by atoms with E-state index in [0.29, 0.717) is 24.3 Å². The fourth-order valence-electron chi connectivity index (χ4n) is 3.08. The Hall–Kier alpha value is -3.29. The number of furan rings is 1. The minimum Gasteiger partial charge on any atom is -0.459 e. The van der Waals surface area contributed by atoms with E-state index in [1.54, 1.807) is 57.2 Å². The molecule has 3 amide bonds. The zero-order chi connectivity index (χ0) is 21.0. The number of nitrogens with one attached hydrogen (secondary N) is 2. The van der Waals surface area contributed by atoms with E-state index in [1.165, 1.54) is 11.2 Å². The molecule has 0 spiro atoms. The summed E-state index contributed by atoms with van der Waals surface area (Å²) in [5.74, 6) is -0.480.